The molecule has 0 spiro atoms. The van der Waals surface area contributed by atoms with Crippen LogP contribution in [-0.2, 0) is 11.3 Å². The Labute approximate surface area is 205 Å². The van der Waals surface area contributed by atoms with Gasteiger partial charge in [0.15, 0.2) is 5.13 Å². The van der Waals surface area contributed by atoms with E-state index in [2.05, 4.69) is 15.3 Å². The van der Waals surface area contributed by atoms with E-state index >= 15 is 0 Å². The number of anilines is 2. The minimum Gasteiger partial charge on any atom is -0.378 e. The van der Waals surface area contributed by atoms with Crippen LogP contribution in [0.3, 0.4) is 0 Å². The molecule has 35 heavy (non-hydrogen) atoms. The minimum absolute atomic E-state index is 0.0379. The number of thiazole rings is 1. The van der Waals surface area contributed by atoms with Gasteiger partial charge in [0.25, 0.3) is 5.91 Å². The lowest BCUT2D eigenvalue weighted by molar-refractivity contribution is -0.386. The Balaban J connectivity index is 1.27. The summed E-state index contributed by atoms with van der Waals surface area (Å²) in [6.45, 7) is 6.77. The van der Waals surface area contributed by atoms with Crippen LogP contribution in [0.25, 0.3) is 10.2 Å². The van der Waals surface area contributed by atoms with Gasteiger partial charge in [0.1, 0.15) is 11.4 Å². The van der Waals surface area contributed by atoms with E-state index in [1.807, 2.05) is 30.3 Å². The summed E-state index contributed by atoms with van der Waals surface area (Å²) in [4.78, 5) is 30.6. The number of fused-ring (bicyclic) bond motifs is 1. The Hall–Kier alpha value is -3.83. The number of aromatic nitrogens is 3. The molecule has 5 rings (SSSR count). The Kier molecular flexibility index (Phi) is 6.18. The van der Waals surface area contributed by atoms with Crippen molar-refractivity contribution in [2.24, 2.45) is 0 Å². The monoisotopic (exact) mass is 492 g/mol. The fourth-order valence-corrected chi connectivity index (χ4v) is 5.18. The van der Waals surface area contributed by atoms with Crippen molar-refractivity contribution in [2.75, 3.05) is 36.5 Å². The van der Waals surface area contributed by atoms with Gasteiger partial charge in [0.2, 0.25) is 0 Å². The molecule has 0 saturated carbocycles. The second-order valence-corrected chi connectivity index (χ2v) is 9.37. The van der Waals surface area contributed by atoms with Gasteiger partial charge in [-0.3, -0.25) is 19.6 Å². The molecule has 1 aliphatic heterocycles. The van der Waals surface area contributed by atoms with E-state index in [4.69, 9.17) is 9.72 Å². The van der Waals surface area contributed by atoms with Gasteiger partial charge in [-0.1, -0.05) is 23.5 Å². The number of hydrogen-bond acceptors (Lipinski definition) is 8. The highest BCUT2D eigenvalue weighted by molar-refractivity contribution is 7.22. The van der Waals surface area contributed by atoms with Gasteiger partial charge in [0, 0.05) is 24.3 Å². The van der Waals surface area contributed by atoms with Crippen molar-refractivity contribution in [3.8, 4) is 0 Å². The maximum atomic E-state index is 12.8. The summed E-state index contributed by atoms with van der Waals surface area (Å²) in [6, 6.07) is 12.9. The smallest absolute Gasteiger partial charge is 0.312 e. The molecular formula is C24H24N6O4S. The summed E-state index contributed by atoms with van der Waals surface area (Å²) in [7, 11) is 0. The molecule has 180 valence electrons. The third kappa shape index (κ3) is 4.73. The number of amides is 1. The SMILES string of the molecule is Cc1nn(Cc2ccc(C(=O)Nc3ccc4nc(N5CCOCC5)sc4c3)cc2)c(C)c1[N+](=O)[O-]. The Morgan fingerprint density at radius 1 is 1.17 bits per heavy atom. The molecule has 2 aromatic heterocycles. The van der Waals surface area contributed by atoms with Crippen molar-refractivity contribution < 1.29 is 14.5 Å². The molecule has 0 radical (unpaired) electrons. The van der Waals surface area contributed by atoms with Crippen LogP contribution in [0.2, 0.25) is 0 Å². The number of morpholine rings is 1. The lowest BCUT2D eigenvalue weighted by atomic mass is 10.1. The quantitative estimate of drug-likeness (QED) is 0.317. The summed E-state index contributed by atoms with van der Waals surface area (Å²) >= 11 is 1.61. The molecular weight excluding hydrogens is 468 g/mol. The van der Waals surface area contributed by atoms with Crippen LogP contribution < -0.4 is 10.2 Å². The minimum atomic E-state index is -0.408. The zero-order chi connectivity index (χ0) is 24.5. The van der Waals surface area contributed by atoms with Gasteiger partial charge in [-0.05, 0) is 49.7 Å². The second kappa shape index (κ2) is 9.43. The number of carbonyl (C=O) groups is 1. The van der Waals surface area contributed by atoms with Crippen molar-refractivity contribution in [2.45, 2.75) is 20.4 Å². The number of aryl methyl sites for hydroxylation is 1. The third-order valence-electron chi connectivity index (χ3n) is 5.99. The van der Waals surface area contributed by atoms with Crippen LogP contribution in [0.1, 0.15) is 27.3 Å². The molecule has 3 heterocycles. The van der Waals surface area contributed by atoms with Crippen LogP contribution in [0, 0.1) is 24.0 Å². The molecule has 4 aromatic rings. The number of carbonyl (C=O) groups excluding carboxylic acids is 1. The number of benzene rings is 2. The summed E-state index contributed by atoms with van der Waals surface area (Å²) in [5.74, 6) is -0.212. The fraction of sp³-hybridized carbons (Fsp3) is 0.292. The lowest BCUT2D eigenvalue weighted by Crippen LogP contribution is -2.36. The van der Waals surface area contributed by atoms with Crippen LogP contribution in [0.5, 0.6) is 0 Å². The van der Waals surface area contributed by atoms with E-state index < -0.39 is 4.92 Å². The number of hydrogen-bond donors (Lipinski definition) is 1. The standard InChI is InChI=1S/C24H24N6O4S/c1-15-22(30(32)33)16(2)29(27-15)14-17-3-5-18(6-4-17)23(31)25-19-7-8-20-21(13-19)35-24(26-20)28-9-11-34-12-10-28/h3-8,13H,9-12,14H2,1-2H3,(H,25,31). The maximum absolute atomic E-state index is 12.8. The molecule has 0 bridgehead atoms. The second-order valence-electron chi connectivity index (χ2n) is 8.36. The first-order valence-corrected chi connectivity index (χ1v) is 12.0. The van der Waals surface area contributed by atoms with E-state index in [0.29, 0.717) is 42.4 Å². The summed E-state index contributed by atoms with van der Waals surface area (Å²) in [6.07, 6.45) is 0. The molecule has 10 nitrogen and oxygen atoms in total. The first kappa shape index (κ1) is 22.9. The van der Waals surface area contributed by atoms with E-state index in [9.17, 15) is 14.9 Å². The third-order valence-corrected chi connectivity index (χ3v) is 7.07. The Bertz CT molecular complexity index is 1410. The predicted octanol–water partition coefficient (Wildman–Crippen LogP) is 4.16. The van der Waals surface area contributed by atoms with Crippen molar-refractivity contribution in [1.29, 1.82) is 0 Å². The first-order chi connectivity index (χ1) is 16.9. The van der Waals surface area contributed by atoms with Gasteiger partial charge < -0.3 is 15.0 Å². The molecule has 1 N–H and O–H groups in total. The van der Waals surface area contributed by atoms with Gasteiger partial charge >= 0.3 is 5.69 Å². The van der Waals surface area contributed by atoms with Crippen LogP contribution in [0.15, 0.2) is 42.5 Å². The zero-order valence-corrected chi connectivity index (χ0v) is 20.2. The highest BCUT2D eigenvalue weighted by atomic mass is 32.1. The molecule has 2 aromatic carbocycles. The number of nitrogens with zero attached hydrogens (tertiary/aromatic N) is 5. The van der Waals surface area contributed by atoms with E-state index in [1.165, 1.54) is 0 Å². The number of nitrogens with one attached hydrogen (secondary N) is 1. The van der Waals surface area contributed by atoms with Gasteiger partial charge in [-0.25, -0.2) is 4.98 Å². The van der Waals surface area contributed by atoms with Crippen LogP contribution >= 0.6 is 11.3 Å². The average Bonchev–Trinajstić information content (AvgIpc) is 3.40. The first-order valence-electron chi connectivity index (χ1n) is 11.2. The zero-order valence-electron chi connectivity index (χ0n) is 19.4. The van der Waals surface area contributed by atoms with E-state index in [1.54, 1.807) is 42.0 Å². The summed E-state index contributed by atoms with van der Waals surface area (Å²) < 4.78 is 8.04. The van der Waals surface area contributed by atoms with Gasteiger partial charge in [-0.15, -0.1) is 0 Å². The predicted molar refractivity (Wildman–Crippen MR) is 135 cm³/mol. The molecule has 1 saturated heterocycles. The fourth-order valence-electron chi connectivity index (χ4n) is 4.12. The van der Waals surface area contributed by atoms with Crippen molar-refractivity contribution >= 4 is 44.0 Å². The van der Waals surface area contributed by atoms with Crippen LogP contribution in [0.4, 0.5) is 16.5 Å². The van der Waals surface area contributed by atoms with E-state index in [-0.39, 0.29) is 11.6 Å². The molecule has 1 amide bonds. The molecule has 0 aliphatic carbocycles. The van der Waals surface area contributed by atoms with Gasteiger partial charge in [0.05, 0.1) is 34.9 Å². The molecule has 0 unspecified atom stereocenters. The maximum Gasteiger partial charge on any atom is 0.312 e. The molecule has 1 aliphatic rings. The number of ether oxygens (including phenoxy) is 1. The van der Waals surface area contributed by atoms with Gasteiger partial charge in [-0.2, -0.15) is 5.10 Å². The van der Waals surface area contributed by atoms with Crippen molar-refractivity contribution in [3.63, 3.8) is 0 Å². The topological polar surface area (TPSA) is 115 Å². The molecule has 1 fully saturated rings. The lowest BCUT2D eigenvalue weighted by Gasteiger charge is -2.25. The Morgan fingerprint density at radius 2 is 1.91 bits per heavy atom. The summed E-state index contributed by atoms with van der Waals surface area (Å²) in [5.41, 5.74) is 3.95. The van der Waals surface area contributed by atoms with Crippen molar-refractivity contribution in [1.82, 2.24) is 14.8 Å². The highest BCUT2D eigenvalue weighted by Crippen LogP contribution is 2.31. The Morgan fingerprint density at radius 3 is 2.60 bits per heavy atom. The summed E-state index contributed by atoms with van der Waals surface area (Å²) in [5, 5.41) is 19.4. The molecule has 11 heteroatoms. The number of rotatable bonds is 6. The average molecular weight is 493 g/mol. The van der Waals surface area contributed by atoms with E-state index in [0.717, 1.165) is 34.0 Å². The normalized spacial score (nSPS) is 13.8. The highest BCUT2D eigenvalue weighted by Gasteiger charge is 2.22. The largest absolute Gasteiger partial charge is 0.378 e. The van der Waals surface area contributed by atoms with Crippen molar-refractivity contribution in [3.05, 3.63) is 75.1 Å². The van der Waals surface area contributed by atoms with Crippen LogP contribution in [-0.4, -0.2) is 51.9 Å². The molecule has 0 atom stereocenters. The number of nitro groups is 1.